The van der Waals surface area contributed by atoms with Crippen LogP contribution in [0.15, 0.2) is 23.1 Å². The summed E-state index contributed by atoms with van der Waals surface area (Å²) < 4.78 is 32.7. The van der Waals surface area contributed by atoms with Crippen molar-refractivity contribution in [2.24, 2.45) is 0 Å². The van der Waals surface area contributed by atoms with Crippen molar-refractivity contribution in [2.75, 3.05) is 19.7 Å². The van der Waals surface area contributed by atoms with Crippen LogP contribution in [0.3, 0.4) is 0 Å². The van der Waals surface area contributed by atoms with Gasteiger partial charge in [-0.1, -0.05) is 57.6 Å². The first-order chi connectivity index (χ1) is 13.4. The summed E-state index contributed by atoms with van der Waals surface area (Å²) in [6.07, 6.45) is 7.89. The molecule has 6 nitrogen and oxygen atoms in total. The van der Waals surface area contributed by atoms with Crippen LogP contribution < -0.4 is 10.1 Å². The van der Waals surface area contributed by atoms with Gasteiger partial charge in [0.1, 0.15) is 10.6 Å². The molecule has 0 bridgehead atoms. The summed E-state index contributed by atoms with van der Waals surface area (Å²) in [4.78, 5) is 12.3. The fourth-order valence-electron chi connectivity index (χ4n) is 3.52. The van der Waals surface area contributed by atoms with Crippen LogP contribution in [-0.4, -0.2) is 44.4 Å². The molecule has 0 aromatic heterocycles. The van der Waals surface area contributed by atoms with Crippen molar-refractivity contribution in [3.8, 4) is 5.75 Å². The molecule has 0 radical (unpaired) electrons. The number of rotatable bonds is 8. The second kappa shape index (κ2) is 11.0. The minimum atomic E-state index is -3.75. The molecule has 0 aliphatic heterocycles. The van der Waals surface area contributed by atoms with Crippen molar-refractivity contribution >= 4 is 27.5 Å². The Kier molecular flexibility index (Phi) is 9.05. The van der Waals surface area contributed by atoms with Gasteiger partial charge < -0.3 is 10.1 Å². The van der Waals surface area contributed by atoms with Gasteiger partial charge in [0.15, 0.2) is 6.61 Å². The summed E-state index contributed by atoms with van der Waals surface area (Å²) in [6.45, 7) is 4.00. The summed E-state index contributed by atoms with van der Waals surface area (Å²) in [7, 11) is -3.75. The number of nitrogens with zero attached hydrogens (tertiary/aromatic N) is 1. The lowest BCUT2D eigenvalue weighted by molar-refractivity contribution is -0.124. The molecule has 1 saturated carbocycles. The molecule has 1 N–H and O–H groups in total. The lowest BCUT2D eigenvalue weighted by Gasteiger charge is -2.22. The number of amides is 1. The average Bonchev–Trinajstić information content (AvgIpc) is 2.63. The van der Waals surface area contributed by atoms with Crippen molar-refractivity contribution < 1.29 is 17.9 Å². The van der Waals surface area contributed by atoms with E-state index in [1.54, 1.807) is 19.9 Å². The van der Waals surface area contributed by atoms with Crippen LogP contribution in [0.4, 0.5) is 0 Å². The van der Waals surface area contributed by atoms with E-state index >= 15 is 0 Å². The molecular weight excluding hydrogens is 400 g/mol. The molecule has 2 rings (SSSR count). The topological polar surface area (TPSA) is 75.7 Å². The van der Waals surface area contributed by atoms with E-state index in [4.69, 9.17) is 16.3 Å². The number of ether oxygens (including phenoxy) is 1. The van der Waals surface area contributed by atoms with Gasteiger partial charge in [-0.2, -0.15) is 4.31 Å². The van der Waals surface area contributed by atoms with Crippen molar-refractivity contribution in [2.45, 2.75) is 69.7 Å². The second-order valence-corrected chi connectivity index (χ2v) is 9.42. The lowest BCUT2D eigenvalue weighted by Crippen LogP contribution is -2.38. The van der Waals surface area contributed by atoms with Crippen LogP contribution in [0.2, 0.25) is 5.02 Å². The number of hydrogen-bond donors (Lipinski definition) is 1. The molecule has 1 aromatic carbocycles. The van der Waals surface area contributed by atoms with Crippen LogP contribution in [0.1, 0.15) is 58.8 Å². The smallest absolute Gasteiger partial charge is 0.258 e. The zero-order valence-electron chi connectivity index (χ0n) is 16.7. The normalized spacial score (nSPS) is 16.4. The molecule has 0 saturated heterocycles. The van der Waals surface area contributed by atoms with Gasteiger partial charge in [0.2, 0.25) is 10.0 Å². The minimum absolute atomic E-state index is 0.0116. The molecule has 1 aliphatic carbocycles. The van der Waals surface area contributed by atoms with Crippen LogP contribution in [0.5, 0.6) is 5.75 Å². The molecule has 0 heterocycles. The molecule has 28 heavy (non-hydrogen) atoms. The Labute approximate surface area is 173 Å². The lowest BCUT2D eigenvalue weighted by atomic mass is 9.97. The van der Waals surface area contributed by atoms with Crippen LogP contribution in [0, 0.1) is 0 Å². The Morgan fingerprint density at radius 1 is 1.14 bits per heavy atom. The van der Waals surface area contributed by atoms with Gasteiger partial charge >= 0.3 is 0 Å². The largest absolute Gasteiger partial charge is 0.482 e. The third-order valence-electron chi connectivity index (χ3n) is 5.06. The van der Waals surface area contributed by atoms with E-state index in [9.17, 15) is 13.2 Å². The van der Waals surface area contributed by atoms with Crippen molar-refractivity contribution in [1.82, 2.24) is 9.62 Å². The fourth-order valence-corrected chi connectivity index (χ4v) is 5.37. The third-order valence-corrected chi connectivity index (χ3v) is 7.36. The fraction of sp³-hybridized carbons (Fsp3) is 0.650. The van der Waals surface area contributed by atoms with Gasteiger partial charge in [-0.15, -0.1) is 0 Å². The Morgan fingerprint density at radius 3 is 2.36 bits per heavy atom. The molecule has 0 unspecified atom stereocenters. The Balaban J connectivity index is 2.06. The first-order valence-electron chi connectivity index (χ1n) is 10.1. The highest BCUT2D eigenvalue weighted by Gasteiger charge is 2.26. The van der Waals surface area contributed by atoms with E-state index in [1.165, 1.54) is 35.7 Å². The molecule has 1 fully saturated rings. The second-order valence-electron chi connectivity index (χ2n) is 7.08. The van der Waals surface area contributed by atoms with Gasteiger partial charge in [0.05, 0.1) is 0 Å². The van der Waals surface area contributed by atoms with Gasteiger partial charge in [-0.25, -0.2) is 8.42 Å². The van der Waals surface area contributed by atoms with E-state index in [1.807, 2.05) is 0 Å². The summed E-state index contributed by atoms with van der Waals surface area (Å²) in [5.41, 5.74) is 0. The molecule has 1 aromatic rings. The van der Waals surface area contributed by atoms with Crippen LogP contribution in [0.25, 0.3) is 0 Å². The van der Waals surface area contributed by atoms with Gasteiger partial charge in [-0.3, -0.25) is 4.79 Å². The SMILES string of the molecule is CCN(CC)S(=O)(=O)c1cc(Cl)ccc1OCC(=O)NC1CCCCCCC1. The predicted molar refractivity (Wildman–Crippen MR) is 111 cm³/mol. The van der Waals surface area contributed by atoms with E-state index < -0.39 is 10.0 Å². The Bertz CT molecular complexity index is 743. The maximum absolute atomic E-state index is 12.9. The molecule has 8 heteroatoms. The highest BCUT2D eigenvalue weighted by atomic mass is 35.5. The summed E-state index contributed by atoms with van der Waals surface area (Å²) in [5, 5.41) is 3.32. The van der Waals surface area contributed by atoms with Gasteiger partial charge in [-0.05, 0) is 31.0 Å². The molecule has 0 spiro atoms. The van der Waals surface area contributed by atoms with E-state index in [0.717, 1.165) is 25.7 Å². The van der Waals surface area contributed by atoms with Gasteiger partial charge in [0, 0.05) is 24.2 Å². The molecule has 0 atom stereocenters. The quantitative estimate of drug-likeness (QED) is 0.676. The highest BCUT2D eigenvalue weighted by molar-refractivity contribution is 7.89. The number of carbonyl (C=O) groups is 1. The van der Waals surface area contributed by atoms with Crippen LogP contribution >= 0.6 is 11.6 Å². The first-order valence-corrected chi connectivity index (χ1v) is 11.9. The van der Waals surface area contributed by atoms with E-state index in [-0.39, 0.29) is 29.2 Å². The number of hydrogen-bond acceptors (Lipinski definition) is 4. The maximum atomic E-state index is 12.9. The van der Waals surface area contributed by atoms with Crippen molar-refractivity contribution in [3.05, 3.63) is 23.2 Å². The van der Waals surface area contributed by atoms with Gasteiger partial charge in [0.25, 0.3) is 5.91 Å². The number of carbonyl (C=O) groups excluding carboxylic acids is 1. The minimum Gasteiger partial charge on any atom is -0.482 e. The summed E-state index contributed by atoms with van der Waals surface area (Å²) in [6, 6.07) is 4.60. The molecular formula is C20H31ClN2O4S. The standard InChI is InChI=1S/C20H31ClN2O4S/c1-3-23(4-2)28(25,26)19-14-16(21)12-13-18(19)27-15-20(24)22-17-10-8-6-5-7-9-11-17/h12-14,17H,3-11,15H2,1-2H3,(H,22,24). The first kappa shape index (κ1) is 23.0. The molecule has 1 amide bonds. The number of sulfonamides is 1. The number of nitrogens with one attached hydrogen (secondary N) is 1. The maximum Gasteiger partial charge on any atom is 0.258 e. The number of benzene rings is 1. The van der Waals surface area contributed by atoms with E-state index in [2.05, 4.69) is 5.32 Å². The zero-order valence-corrected chi connectivity index (χ0v) is 18.3. The third kappa shape index (κ3) is 6.36. The van der Waals surface area contributed by atoms with Crippen molar-refractivity contribution in [1.29, 1.82) is 0 Å². The van der Waals surface area contributed by atoms with Crippen LogP contribution in [-0.2, 0) is 14.8 Å². The molecule has 1 aliphatic rings. The highest BCUT2D eigenvalue weighted by Crippen LogP contribution is 2.30. The average molecular weight is 431 g/mol. The Hall–Kier alpha value is -1.31. The predicted octanol–water partition coefficient (Wildman–Crippen LogP) is 3.98. The molecule has 158 valence electrons. The van der Waals surface area contributed by atoms with Crippen molar-refractivity contribution in [3.63, 3.8) is 0 Å². The van der Waals surface area contributed by atoms with E-state index in [0.29, 0.717) is 18.1 Å². The monoisotopic (exact) mass is 430 g/mol. The Morgan fingerprint density at radius 2 is 1.75 bits per heavy atom. The summed E-state index contributed by atoms with van der Waals surface area (Å²) in [5.74, 6) is -0.0872. The zero-order chi connectivity index (χ0) is 20.6. The number of halogens is 1. The summed E-state index contributed by atoms with van der Waals surface area (Å²) >= 11 is 6.02.